The van der Waals surface area contributed by atoms with Gasteiger partial charge in [-0.15, -0.1) is 10.2 Å². The molecule has 138 valence electrons. The van der Waals surface area contributed by atoms with Crippen molar-refractivity contribution >= 4 is 29.1 Å². The quantitative estimate of drug-likeness (QED) is 0.504. The monoisotopic (exact) mass is 381 g/mol. The Morgan fingerprint density at radius 1 is 1.11 bits per heavy atom. The molecule has 6 nitrogen and oxygen atoms in total. The highest BCUT2D eigenvalue weighted by molar-refractivity contribution is 8.00. The minimum atomic E-state index is -0.447. The lowest BCUT2D eigenvalue weighted by atomic mass is 10.1. The van der Waals surface area contributed by atoms with E-state index in [0.29, 0.717) is 22.4 Å². The summed E-state index contributed by atoms with van der Waals surface area (Å²) in [6.07, 6.45) is 0. The SMILES string of the molecule is CC(=O)c1cccc(NC(=O)[C@H](C)Sc2nnc(-c3ccc(C)cc3)o2)c1. The Hall–Kier alpha value is -2.93. The third-order valence-corrected chi connectivity index (χ3v) is 4.82. The number of rotatable bonds is 6. The fraction of sp³-hybridized carbons (Fsp3) is 0.200. The molecule has 1 heterocycles. The van der Waals surface area contributed by atoms with Gasteiger partial charge in [-0.25, -0.2) is 0 Å². The van der Waals surface area contributed by atoms with E-state index in [-0.39, 0.29) is 11.7 Å². The van der Waals surface area contributed by atoms with Gasteiger partial charge >= 0.3 is 0 Å². The first-order chi connectivity index (χ1) is 12.9. The molecule has 0 radical (unpaired) electrons. The van der Waals surface area contributed by atoms with Gasteiger partial charge < -0.3 is 9.73 Å². The Morgan fingerprint density at radius 3 is 2.56 bits per heavy atom. The Morgan fingerprint density at radius 2 is 1.85 bits per heavy atom. The summed E-state index contributed by atoms with van der Waals surface area (Å²) < 4.78 is 5.65. The van der Waals surface area contributed by atoms with E-state index in [9.17, 15) is 9.59 Å². The Labute approximate surface area is 161 Å². The van der Waals surface area contributed by atoms with Crippen molar-refractivity contribution in [2.24, 2.45) is 0 Å². The molecule has 0 unspecified atom stereocenters. The maximum Gasteiger partial charge on any atom is 0.277 e. The third-order valence-electron chi connectivity index (χ3n) is 3.89. The molecule has 1 atom stereocenters. The van der Waals surface area contributed by atoms with Crippen molar-refractivity contribution in [3.05, 3.63) is 59.7 Å². The molecule has 3 rings (SSSR count). The number of hydrogen-bond donors (Lipinski definition) is 1. The van der Waals surface area contributed by atoms with Crippen LogP contribution < -0.4 is 5.32 Å². The molecule has 0 spiro atoms. The van der Waals surface area contributed by atoms with Crippen molar-refractivity contribution in [3.63, 3.8) is 0 Å². The van der Waals surface area contributed by atoms with Crippen molar-refractivity contribution in [1.82, 2.24) is 10.2 Å². The number of Topliss-reactive ketones (excluding diaryl/α,β-unsaturated/α-hetero) is 1. The van der Waals surface area contributed by atoms with Crippen LogP contribution in [0.15, 0.2) is 58.2 Å². The highest BCUT2D eigenvalue weighted by Crippen LogP contribution is 2.27. The predicted molar refractivity (Wildman–Crippen MR) is 105 cm³/mol. The molecule has 0 saturated carbocycles. The van der Waals surface area contributed by atoms with Crippen molar-refractivity contribution in [2.45, 2.75) is 31.2 Å². The first-order valence-electron chi connectivity index (χ1n) is 8.41. The number of anilines is 1. The summed E-state index contributed by atoms with van der Waals surface area (Å²) in [7, 11) is 0. The van der Waals surface area contributed by atoms with Gasteiger partial charge in [0, 0.05) is 16.8 Å². The molecule has 27 heavy (non-hydrogen) atoms. The highest BCUT2D eigenvalue weighted by Gasteiger charge is 2.19. The molecule has 7 heteroatoms. The lowest BCUT2D eigenvalue weighted by molar-refractivity contribution is -0.115. The fourth-order valence-electron chi connectivity index (χ4n) is 2.33. The number of aryl methyl sites for hydroxylation is 1. The van der Waals surface area contributed by atoms with E-state index >= 15 is 0 Å². The van der Waals surface area contributed by atoms with Crippen LogP contribution in [0.5, 0.6) is 0 Å². The van der Waals surface area contributed by atoms with Crippen LogP contribution in [-0.2, 0) is 4.79 Å². The van der Waals surface area contributed by atoms with Gasteiger partial charge in [-0.1, -0.05) is 41.6 Å². The first kappa shape index (κ1) is 18.8. The average Bonchev–Trinajstić information content (AvgIpc) is 3.11. The van der Waals surface area contributed by atoms with Crippen LogP contribution in [0.2, 0.25) is 0 Å². The summed E-state index contributed by atoms with van der Waals surface area (Å²) in [6, 6.07) is 14.6. The maximum atomic E-state index is 12.4. The number of thioether (sulfide) groups is 1. The van der Waals surface area contributed by atoms with Crippen molar-refractivity contribution in [3.8, 4) is 11.5 Å². The topological polar surface area (TPSA) is 85.1 Å². The van der Waals surface area contributed by atoms with Gasteiger partial charge in [0.25, 0.3) is 5.22 Å². The number of aromatic nitrogens is 2. The van der Waals surface area contributed by atoms with E-state index < -0.39 is 5.25 Å². The lowest BCUT2D eigenvalue weighted by Gasteiger charge is -2.10. The predicted octanol–water partition coefficient (Wildman–Crippen LogP) is 4.37. The van der Waals surface area contributed by atoms with Crippen LogP contribution in [0.1, 0.15) is 29.8 Å². The number of amides is 1. The van der Waals surface area contributed by atoms with E-state index in [0.717, 1.165) is 11.1 Å². The summed E-state index contributed by atoms with van der Waals surface area (Å²) >= 11 is 1.18. The second-order valence-electron chi connectivity index (χ2n) is 6.13. The molecule has 0 bridgehead atoms. The Balaban J connectivity index is 1.64. The number of nitrogens with one attached hydrogen (secondary N) is 1. The molecular weight excluding hydrogens is 362 g/mol. The first-order valence-corrected chi connectivity index (χ1v) is 9.29. The van der Waals surface area contributed by atoms with Gasteiger partial charge in [0.05, 0.1) is 5.25 Å². The molecule has 1 amide bonds. The van der Waals surface area contributed by atoms with E-state index in [4.69, 9.17) is 4.42 Å². The largest absolute Gasteiger partial charge is 0.411 e. The second kappa shape index (κ2) is 8.18. The van der Waals surface area contributed by atoms with Gasteiger partial charge in [0.15, 0.2) is 5.78 Å². The zero-order valence-corrected chi connectivity index (χ0v) is 16.0. The van der Waals surface area contributed by atoms with Crippen LogP contribution in [0.4, 0.5) is 5.69 Å². The van der Waals surface area contributed by atoms with Crippen LogP contribution in [0.25, 0.3) is 11.5 Å². The van der Waals surface area contributed by atoms with Crippen LogP contribution in [0.3, 0.4) is 0 Å². The van der Waals surface area contributed by atoms with Gasteiger partial charge in [-0.3, -0.25) is 9.59 Å². The van der Waals surface area contributed by atoms with Gasteiger partial charge in [0.1, 0.15) is 0 Å². The standard InChI is InChI=1S/C20H19N3O3S/c1-12-7-9-15(10-8-12)19-22-23-20(26-19)27-14(3)18(25)21-17-6-4-5-16(11-17)13(2)24/h4-11,14H,1-3H3,(H,21,25)/t14-/m0/s1. The molecule has 1 N–H and O–H groups in total. The van der Waals surface area contributed by atoms with Crippen molar-refractivity contribution in [2.75, 3.05) is 5.32 Å². The lowest BCUT2D eigenvalue weighted by Crippen LogP contribution is -2.22. The van der Waals surface area contributed by atoms with Gasteiger partial charge in [-0.05, 0) is 45.0 Å². The number of carbonyl (C=O) groups excluding carboxylic acids is 2. The molecule has 0 aliphatic heterocycles. The van der Waals surface area contributed by atoms with Crippen molar-refractivity contribution in [1.29, 1.82) is 0 Å². The molecule has 0 aliphatic carbocycles. The molecule has 3 aromatic rings. The zero-order chi connectivity index (χ0) is 19.4. The smallest absolute Gasteiger partial charge is 0.277 e. The van der Waals surface area contributed by atoms with Crippen molar-refractivity contribution < 1.29 is 14.0 Å². The van der Waals surface area contributed by atoms with E-state index in [1.807, 2.05) is 31.2 Å². The average molecular weight is 381 g/mol. The summed E-state index contributed by atoms with van der Waals surface area (Å²) in [5.41, 5.74) is 3.10. The second-order valence-corrected chi connectivity index (χ2v) is 7.42. The minimum absolute atomic E-state index is 0.0528. The number of nitrogens with zero attached hydrogens (tertiary/aromatic N) is 2. The van der Waals surface area contributed by atoms with E-state index in [1.165, 1.54) is 18.7 Å². The highest BCUT2D eigenvalue weighted by atomic mass is 32.2. The van der Waals surface area contributed by atoms with Gasteiger partial charge in [0.2, 0.25) is 11.8 Å². The Kier molecular flexibility index (Phi) is 5.71. The summed E-state index contributed by atoms with van der Waals surface area (Å²) in [4.78, 5) is 23.9. The van der Waals surface area contributed by atoms with E-state index in [1.54, 1.807) is 31.2 Å². The number of ketones is 1. The zero-order valence-electron chi connectivity index (χ0n) is 15.2. The normalized spacial score (nSPS) is 11.8. The molecular formula is C20H19N3O3S. The molecule has 2 aromatic carbocycles. The summed E-state index contributed by atoms with van der Waals surface area (Å²) in [5.74, 6) is 0.151. The van der Waals surface area contributed by atoms with Crippen LogP contribution in [0, 0.1) is 6.92 Å². The number of hydrogen-bond acceptors (Lipinski definition) is 6. The van der Waals surface area contributed by atoms with Crippen LogP contribution in [-0.4, -0.2) is 27.1 Å². The summed E-state index contributed by atoms with van der Waals surface area (Å²) in [6.45, 7) is 5.25. The third kappa shape index (κ3) is 4.83. The molecule has 0 aliphatic rings. The van der Waals surface area contributed by atoms with Crippen LogP contribution >= 0.6 is 11.8 Å². The molecule has 1 aromatic heterocycles. The van der Waals surface area contributed by atoms with Gasteiger partial charge in [-0.2, -0.15) is 0 Å². The maximum absolute atomic E-state index is 12.4. The fourth-order valence-corrected chi connectivity index (χ4v) is 3.02. The Bertz CT molecular complexity index is 967. The van der Waals surface area contributed by atoms with E-state index in [2.05, 4.69) is 15.5 Å². The minimum Gasteiger partial charge on any atom is -0.411 e. The summed E-state index contributed by atoms with van der Waals surface area (Å²) in [5, 5.41) is 10.7. The number of carbonyl (C=O) groups is 2. The molecule has 0 fully saturated rings. The molecule has 0 saturated heterocycles. The number of benzene rings is 2.